The summed E-state index contributed by atoms with van der Waals surface area (Å²) in [6, 6.07) is 5.99. The Labute approximate surface area is 171 Å². The zero-order valence-electron chi connectivity index (χ0n) is 16.9. The number of nitrogens with one attached hydrogen (secondary N) is 1. The van der Waals surface area contributed by atoms with Gasteiger partial charge in [0.2, 0.25) is 0 Å². The van der Waals surface area contributed by atoms with Crippen LogP contribution in [0.4, 0.5) is 11.5 Å². The predicted octanol–water partition coefficient (Wildman–Crippen LogP) is 3.83. The molecule has 0 atom stereocenters. The number of anilines is 2. The molecule has 4 rings (SSSR count). The third-order valence-electron chi connectivity index (χ3n) is 5.92. The maximum atomic E-state index is 12.0. The number of aromatic nitrogens is 2. The highest BCUT2D eigenvalue weighted by atomic mass is 16.5. The number of amides is 1. The number of fused-ring (bicyclic) bond motifs is 1. The Bertz CT molecular complexity index is 963. The molecule has 29 heavy (non-hydrogen) atoms. The highest BCUT2D eigenvalue weighted by Gasteiger charge is 2.31. The van der Waals surface area contributed by atoms with E-state index < -0.39 is 13.0 Å². The second-order valence-electron chi connectivity index (χ2n) is 7.69. The van der Waals surface area contributed by atoms with Crippen LogP contribution in [0.5, 0.6) is 5.75 Å². The molecule has 1 fully saturated rings. The summed E-state index contributed by atoms with van der Waals surface area (Å²) in [6.45, 7) is 4.08. The van der Waals surface area contributed by atoms with Crippen LogP contribution in [0.1, 0.15) is 74.3 Å². The van der Waals surface area contributed by atoms with Crippen LogP contribution in [0.15, 0.2) is 29.9 Å². The van der Waals surface area contributed by atoms with E-state index in [1.807, 2.05) is 29.8 Å². The smallest absolute Gasteiger partial charge is 0.532 e. The van der Waals surface area contributed by atoms with E-state index in [2.05, 4.69) is 17.3 Å². The number of rotatable bonds is 6. The summed E-state index contributed by atoms with van der Waals surface area (Å²) >= 11 is 0. The van der Waals surface area contributed by atoms with E-state index in [9.17, 15) is 9.82 Å². The van der Waals surface area contributed by atoms with Crippen molar-refractivity contribution >= 4 is 30.1 Å². The Balaban J connectivity index is 1.68. The molecule has 4 N–H and O–H groups in total. The molecule has 0 radical (unpaired) electrons. The fourth-order valence-corrected chi connectivity index (χ4v) is 4.42. The molecule has 2 heterocycles. The molecular formula is C21H27BN4O3. The summed E-state index contributed by atoms with van der Waals surface area (Å²) in [5.41, 5.74) is 9.74. The SMILES string of the molecule is CCC1=C(CC)c2cc(Nc3nn(C4CCCC4)cc3C(N)=O)ccc2OB1O. The molecule has 1 aliphatic carbocycles. The van der Waals surface area contributed by atoms with Crippen molar-refractivity contribution in [1.82, 2.24) is 9.78 Å². The van der Waals surface area contributed by atoms with Crippen molar-refractivity contribution in [3.8, 4) is 5.75 Å². The monoisotopic (exact) mass is 394 g/mol. The Morgan fingerprint density at radius 1 is 1.34 bits per heavy atom. The molecule has 0 unspecified atom stereocenters. The van der Waals surface area contributed by atoms with Crippen molar-refractivity contribution in [2.45, 2.75) is 58.4 Å². The number of allylic oxidation sites excluding steroid dienone is 2. The lowest BCUT2D eigenvalue weighted by Gasteiger charge is -2.25. The third kappa shape index (κ3) is 3.64. The first-order valence-electron chi connectivity index (χ1n) is 10.4. The predicted molar refractivity (Wildman–Crippen MR) is 114 cm³/mol. The van der Waals surface area contributed by atoms with E-state index >= 15 is 0 Å². The summed E-state index contributed by atoms with van der Waals surface area (Å²) in [5.74, 6) is 0.631. The number of nitrogens with two attached hydrogens (primary N) is 1. The summed E-state index contributed by atoms with van der Waals surface area (Å²) in [5, 5.41) is 18.2. The van der Waals surface area contributed by atoms with Gasteiger partial charge in [-0.2, -0.15) is 5.10 Å². The van der Waals surface area contributed by atoms with Gasteiger partial charge in [0.05, 0.1) is 6.04 Å². The molecule has 1 aromatic heterocycles. The maximum absolute atomic E-state index is 12.0. The normalized spacial score (nSPS) is 16.7. The van der Waals surface area contributed by atoms with Crippen LogP contribution < -0.4 is 15.7 Å². The molecule has 8 heteroatoms. The largest absolute Gasteiger partial charge is 0.556 e. The first kappa shape index (κ1) is 19.6. The average Bonchev–Trinajstić information content (AvgIpc) is 3.37. The van der Waals surface area contributed by atoms with E-state index in [4.69, 9.17) is 10.4 Å². The van der Waals surface area contributed by atoms with Gasteiger partial charge < -0.3 is 20.7 Å². The topological polar surface area (TPSA) is 102 Å². The van der Waals surface area contributed by atoms with E-state index in [1.165, 1.54) is 12.8 Å². The maximum Gasteiger partial charge on any atom is 0.556 e. The van der Waals surface area contributed by atoms with E-state index in [0.717, 1.165) is 48.0 Å². The van der Waals surface area contributed by atoms with Gasteiger partial charge in [-0.15, -0.1) is 0 Å². The highest BCUT2D eigenvalue weighted by molar-refractivity contribution is 6.55. The van der Waals surface area contributed by atoms with Gasteiger partial charge in [0.25, 0.3) is 5.91 Å². The molecule has 1 aromatic carbocycles. The Morgan fingerprint density at radius 2 is 2.10 bits per heavy atom. The molecule has 7 nitrogen and oxygen atoms in total. The van der Waals surface area contributed by atoms with Crippen LogP contribution in [0.3, 0.4) is 0 Å². The quantitative estimate of drug-likeness (QED) is 0.647. The van der Waals surface area contributed by atoms with Gasteiger partial charge in [-0.3, -0.25) is 9.48 Å². The van der Waals surface area contributed by atoms with Crippen molar-refractivity contribution in [3.63, 3.8) is 0 Å². The molecule has 1 aliphatic heterocycles. The molecule has 2 aliphatic rings. The minimum atomic E-state index is -0.898. The number of benzene rings is 1. The number of carbonyl (C=O) groups excluding carboxylic acids is 1. The molecular weight excluding hydrogens is 367 g/mol. The molecule has 0 bridgehead atoms. The second kappa shape index (κ2) is 7.95. The van der Waals surface area contributed by atoms with Crippen LogP contribution in [0.2, 0.25) is 0 Å². The van der Waals surface area contributed by atoms with Crippen LogP contribution >= 0.6 is 0 Å². The molecule has 0 saturated heterocycles. The van der Waals surface area contributed by atoms with Crippen molar-refractivity contribution in [3.05, 3.63) is 41.0 Å². The number of hydrogen-bond donors (Lipinski definition) is 3. The zero-order valence-corrected chi connectivity index (χ0v) is 16.9. The number of carbonyl (C=O) groups is 1. The Morgan fingerprint density at radius 3 is 2.76 bits per heavy atom. The minimum absolute atomic E-state index is 0.323. The van der Waals surface area contributed by atoms with Gasteiger partial charge in [-0.05, 0) is 54.9 Å². The molecule has 2 aromatic rings. The summed E-state index contributed by atoms with van der Waals surface area (Å²) in [7, 11) is -0.898. The minimum Gasteiger partial charge on any atom is -0.532 e. The lowest BCUT2D eigenvalue weighted by atomic mass is 9.70. The van der Waals surface area contributed by atoms with Crippen LogP contribution in [-0.2, 0) is 0 Å². The Kier molecular flexibility index (Phi) is 5.36. The number of hydrogen-bond acceptors (Lipinski definition) is 5. The van der Waals surface area contributed by atoms with Gasteiger partial charge in [-0.1, -0.05) is 26.7 Å². The fraction of sp³-hybridized carbons (Fsp3) is 0.429. The Hall–Kier alpha value is -2.74. The fourth-order valence-electron chi connectivity index (χ4n) is 4.42. The van der Waals surface area contributed by atoms with E-state index in [1.54, 1.807) is 6.20 Å². The summed E-state index contributed by atoms with van der Waals surface area (Å²) in [4.78, 5) is 12.0. The van der Waals surface area contributed by atoms with Gasteiger partial charge in [-0.25, -0.2) is 0 Å². The van der Waals surface area contributed by atoms with Gasteiger partial charge in [0.1, 0.15) is 11.3 Å². The summed E-state index contributed by atoms with van der Waals surface area (Å²) in [6.07, 6.45) is 7.78. The van der Waals surface area contributed by atoms with Crippen LogP contribution in [0.25, 0.3) is 5.57 Å². The molecule has 0 spiro atoms. The first-order valence-corrected chi connectivity index (χ1v) is 10.4. The third-order valence-corrected chi connectivity index (χ3v) is 5.92. The number of nitrogens with zero attached hydrogens (tertiary/aromatic N) is 2. The zero-order chi connectivity index (χ0) is 20.5. The standard InChI is InChI=1S/C21H27BN4O3/c1-3-15-16-11-13(9-10-19(16)29-22(28)18(15)4-2)24-21-17(20(23)27)12-26(25-21)14-7-5-6-8-14/h9-12,14,28H,3-8H2,1-2H3,(H2,23,27)(H,24,25). The van der Waals surface area contributed by atoms with Crippen molar-refractivity contribution in [2.75, 3.05) is 5.32 Å². The second-order valence-corrected chi connectivity index (χ2v) is 7.69. The van der Waals surface area contributed by atoms with E-state index in [-0.39, 0.29) is 0 Å². The van der Waals surface area contributed by atoms with Crippen molar-refractivity contribution in [1.29, 1.82) is 0 Å². The van der Waals surface area contributed by atoms with Gasteiger partial charge in [0.15, 0.2) is 5.82 Å². The average molecular weight is 394 g/mol. The molecule has 1 amide bonds. The van der Waals surface area contributed by atoms with Crippen LogP contribution in [0, 0.1) is 0 Å². The van der Waals surface area contributed by atoms with Crippen LogP contribution in [-0.4, -0.2) is 27.8 Å². The van der Waals surface area contributed by atoms with Crippen molar-refractivity contribution < 1.29 is 14.5 Å². The van der Waals surface area contributed by atoms with E-state index in [0.29, 0.717) is 23.2 Å². The summed E-state index contributed by atoms with van der Waals surface area (Å²) < 4.78 is 7.56. The lowest BCUT2D eigenvalue weighted by molar-refractivity contribution is 0.100. The lowest BCUT2D eigenvalue weighted by Crippen LogP contribution is -2.29. The van der Waals surface area contributed by atoms with Gasteiger partial charge in [0, 0.05) is 17.4 Å². The van der Waals surface area contributed by atoms with Gasteiger partial charge >= 0.3 is 7.12 Å². The first-order chi connectivity index (χ1) is 14.0. The molecule has 1 saturated carbocycles. The molecule has 152 valence electrons. The number of primary amides is 1. The highest BCUT2D eigenvalue weighted by Crippen LogP contribution is 2.39. The van der Waals surface area contributed by atoms with Crippen molar-refractivity contribution in [2.24, 2.45) is 5.73 Å².